The number of aromatic nitrogens is 2. The maximum atomic E-state index is 13.5. The Bertz CT molecular complexity index is 1280. The molecule has 1 atom stereocenters. The number of fused-ring (bicyclic) bond motifs is 2. The van der Waals surface area contributed by atoms with E-state index in [2.05, 4.69) is 9.97 Å². The Morgan fingerprint density at radius 1 is 1.14 bits per heavy atom. The van der Waals surface area contributed by atoms with Crippen LogP contribution in [0.3, 0.4) is 0 Å². The number of amides is 1. The van der Waals surface area contributed by atoms with E-state index in [0.29, 0.717) is 21.7 Å². The SMILES string of the molecule is Cc1cc2oc3c(c(=O)c2cc1C)C(c1cccnc1)N(c1nccs1)C3=O. The molecule has 0 fully saturated rings. The summed E-state index contributed by atoms with van der Waals surface area (Å²) in [6.07, 6.45) is 4.96. The molecule has 0 saturated heterocycles. The van der Waals surface area contributed by atoms with Crippen LogP contribution in [0.25, 0.3) is 11.0 Å². The van der Waals surface area contributed by atoms with E-state index in [1.54, 1.807) is 30.0 Å². The summed E-state index contributed by atoms with van der Waals surface area (Å²) >= 11 is 1.34. The number of carbonyl (C=O) groups excluding carboxylic acids is 1. The van der Waals surface area contributed by atoms with E-state index in [0.717, 1.165) is 16.7 Å². The van der Waals surface area contributed by atoms with Crippen LogP contribution in [0.1, 0.15) is 38.9 Å². The fourth-order valence-electron chi connectivity index (χ4n) is 3.61. The van der Waals surface area contributed by atoms with E-state index in [1.165, 1.54) is 16.2 Å². The van der Waals surface area contributed by atoms with Crippen molar-refractivity contribution in [3.05, 3.63) is 86.5 Å². The van der Waals surface area contributed by atoms with Crippen LogP contribution in [0.15, 0.2) is 57.4 Å². The number of aryl methyl sites for hydroxylation is 2. The van der Waals surface area contributed by atoms with Gasteiger partial charge in [-0.25, -0.2) is 4.98 Å². The molecule has 28 heavy (non-hydrogen) atoms. The van der Waals surface area contributed by atoms with Gasteiger partial charge in [-0.1, -0.05) is 6.07 Å². The zero-order valence-electron chi connectivity index (χ0n) is 15.2. The van der Waals surface area contributed by atoms with Crippen molar-refractivity contribution in [3.63, 3.8) is 0 Å². The second-order valence-corrected chi connectivity index (χ2v) is 7.66. The standard InChI is InChI=1S/C21H15N3O3S/c1-11-8-14-15(9-12(11)2)27-19-16(18(14)25)17(13-4-3-5-22-10-13)24(20(19)26)21-23-6-7-28-21/h3-10,17H,1-2H3. The van der Waals surface area contributed by atoms with Crippen LogP contribution < -0.4 is 10.3 Å². The van der Waals surface area contributed by atoms with Crippen LogP contribution >= 0.6 is 11.3 Å². The fourth-order valence-corrected chi connectivity index (χ4v) is 4.28. The molecule has 1 aromatic carbocycles. The summed E-state index contributed by atoms with van der Waals surface area (Å²) in [4.78, 5) is 36.7. The topological polar surface area (TPSA) is 76.3 Å². The van der Waals surface area contributed by atoms with Gasteiger partial charge < -0.3 is 4.42 Å². The summed E-state index contributed by atoms with van der Waals surface area (Å²) in [6.45, 7) is 3.90. The number of hydrogen-bond acceptors (Lipinski definition) is 6. The van der Waals surface area contributed by atoms with Gasteiger partial charge in [0.15, 0.2) is 10.6 Å². The molecule has 0 bridgehead atoms. The van der Waals surface area contributed by atoms with Gasteiger partial charge >= 0.3 is 0 Å². The van der Waals surface area contributed by atoms with Gasteiger partial charge in [-0.3, -0.25) is 19.5 Å². The van der Waals surface area contributed by atoms with Gasteiger partial charge in [-0.2, -0.15) is 0 Å². The lowest BCUT2D eigenvalue weighted by atomic mass is 9.99. The van der Waals surface area contributed by atoms with Crippen molar-refractivity contribution in [1.82, 2.24) is 9.97 Å². The van der Waals surface area contributed by atoms with Gasteiger partial charge in [0.05, 0.1) is 17.0 Å². The summed E-state index contributed by atoms with van der Waals surface area (Å²) in [5.41, 5.74) is 3.30. The Balaban J connectivity index is 1.85. The molecule has 1 amide bonds. The summed E-state index contributed by atoms with van der Waals surface area (Å²) in [7, 11) is 0. The molecule has 0 saturated carbocycles. The van der Waals surface area contributed by atoms with Crippen LogP contribution in [0, 0.1) is 13.8 Å². The first kappa shape index (κ1) is 16.8. The number of thiazole rings is 1. The third-order valence-corrected chi connectivity index (χ3v) is 5.88. The highest BCUT2D eigenvalue weighted by Gasteiger charge is 2.44. The zero-order chi connectivity index (χ0) is 19.4. The average molecular weight is 389 g/mol. The van der Waals surface area contributed by atoms with Crippen molar-refractivity contribution in [1.29, 1.82) is 0 Å². The average Bonchev–Trinajstić information content (AvgIpc) is 3.31. The highest BCUT2D eigenvalue weighted by Crippen LogP contribution is 2.41. The lowest BCUT2D eigenvalue weighted by Gasteiger charge is -2.22. The van der Waals surface area contributed by atoms with Gasteiger partial charge in [-0.05, 0) is 48.7 Å². The first-order valence-corrected chi connectivity index (χ1v) is 9.65. The molecule has 0 radical (unpaired) electrons. The predicted molar refractivity (Wildman–Crippen MR) is 107 cm³/mol. The molecule has 0 spiro atoms. The Labute approximate surface area is 164 Å². The highest BCUT2D eigenvalue weighted by atomic mass is 32.1. The maximum absolute atomic E-state index is 13.5. The van der Waals surface area contributed by atoms with E-state index in [-0.39, 0.29) is 17.1 Å². The Kier molecular flexibility index (Phi) is 3.67. The van der Waals surface area contributed by atoms with E-state index < -0.39 is 6.04 Å². The van der Waals surface area contributed by atoms with Crippen molar-refractivity contribution < 1.29 is 9.21 Å². The minimum absolute atomic E-state index is 0.0739. The zero-order valence-corrected chi connectivity index (χ0v) is 16.0. The van der Waals surface area contributed by atoms with Crippen LogP contribution in [-0.4, -0.2) is 15.9 Å². The van der Waals surface area contributed by atoms with Crippen molar-refractivity contribution in [2.75, 3.05) is 4.90 Å². The van der Waals surface area contributed by atoms with Gasteiger partial charge in [-0.15, -0.1) is 11.3 Å². The van der Waals surface area contributed by atoms with Crippen molar-refractivity contribution in [2.45, 2.75) is 19.9 Å². The first-order valence-electron chi connectivity index (χ1n) is 8.77. The fraction of sp³-hybridized carbons (Fsp3) is 0.143. The molecule has 6 nitrogen and oxygen atoms in total. The quantitative estimate of drug-likeness (QED) is 0.518. The van der Waals surface area contributed by atoms with Crippen LogP contribution in [-0.2, 0) is 0 Å². The number of rotatable bonds is 2. The Hall–Kier alpha value is -3.32. The summed E-state index contributed by atoms with van der Waals surface area (Å²) in [5, 5.41) is 2.79. The van der Waals surface area contributed by atoms with Gasteiger partial charge in [0, 0.05) is 24.0 Å². The van der Waals surface area contributed by atoms with Gasteiger partial charge in [0.2, 0.25) is 5.76 Å². The molecule has 4 aromatic rings. The second kappa shape index (κ2) is 6.10. The molecule has 0 aliphatic carbocycles. The number of nitrogens with zero attached hydrogens (tertiary/aromatic N) is 3. The Morgan fingerprint density at radius 3 is 2.68 bits per heavy atom. The molecule has 138 valence electrons. The molecule has 4 heterocycles. The maximum Gasteiger partial charge on any atom is 0.297 e. The molecule has 1 aliphatic heterocycles. The minimum Gasteiger partial charge on any atom is -0.450 e. The largest absolute Gasteiger partial charge is 0.450 e. The molecule has 1 unspecified atom stereocenters. The van der Waals surface area contributed by atoms with Gasteiger partial charge in [0.25, 0.3) is 5.91 Å². The lowest BCUT2D eigenvalue weighted by molar-refractivity contribution is 0.0971. The Morgan fingerprint density at radius 2 is 1.96 bits per heavy atom. The number of benzene rings is 1. The van der Waals surface area contributed by atoms with Crippen molar-refractivity contribution in [2.24, 2.45) is 0 Å². The van der Waals surface area contributed by atoms with Crippen LogP contribution in [0.2, 0.25) is 0 Å². The predicted octanol–water partition coefficient (Wildman–Crippen LogP) is 4.01. The van der Waals surface area contributed by atoms with Crippen LogP contribution in [0.5, 0.6) is 0 Å². The summed E-state index contributed by atoms with van der Waals surface area (Å²) in [6, 6.07) is 6.65. The third kappa shape index (κ3) is 2.33. The monoisotopic (exact) mass is 389 g/mol. The lowest BCUT2D eigenvalue weighted by Crippen LogP contribution is -2.29. The minimum atomic E-state index is -0.621. The third-order valence-electron chi connectivity index (χ3n) is 5.11. The molecule has 7 heteroatoms. The van der Waals surface area contributed by atoms with E-state index in [9.17, 15) is 9.59 Å². The van der Waals surface area contributed by atoms with Gasteiger partial charge in [0.1, 0.15) is 5.58 Å². The molecule has 1 aliphatic rings. The number of carbonyl (C=O) groups is 1. The highest BCUT2D eigenvalue weighted by molar-refractivity contribution is 7.13. The molecule has 5 rings (SSSR count). The first-order chi connectivity index (χ1) is 13.6. The normalized spacial score (nSPS) is 16.0. The number of pyridine rings is 1. The van der Waals surface area contributed by atoms with E-state index in [4.69, 9.17) is 4.42 Å². The molecular weight excluding hydrogens is 374 g/mol. The summed E-state index contributed by atoms with van der Waals surface area (Å²) < 4.78 is 5.98. The second-order valence-electron chi connectivity index (χ2n) is 6.79. The molecular formula is C21H15N3O3S. The van der Waals surface area contributed by atoms with Crippen molar-refractivity contribution >= 4 is 33.3 Å². The van der Waals surface area contributed by atoms with Crippen LogP contribution in [0.4, 0.5) is 5.13 Å². The molecule has 3 aromatic heterocycles. The summed E-state index contributed by atoms with van der Waals surface area (Å²) in [5.74, 6) is -0.291. The van der Waals surface area contributed by atoms with E-state index >= 15 is 0 Å². The smallest absolute Gasteiger partial charge is 0.297 e. The van der Waals surface area contributed by atoms with E-state index in [1.807, 2.05) is 32.0 Å². The number of anilines is 1. The van der Waals surface area contributed by atoms with Crippen molar-refractivity contribution in [3.8, 4) is 0 Å². The molecule has 0 N–H and O–H groups in total. The number of hydrogen-bond donors (Lipinski definition) is 0.